The molecule has 4 rings (SSSR count). The monoisotopic (exact) mass is 379 g/mol. The van der Waals surface area contributed by atoms with Crippen molar-refractivity contribution in [2.24, 2.45) is 0 Å². The largest absolute Gasteiger partial charge is 0.471 e. The van der Waals surface area contributed by atoms with Crippen molar-refractivity contribution in [3.8, 4) is 17.2 Å². The molecule has 28 heavy (non-hydrogen) atoms. The van der Waals surface area contributed by atoms with Gasteiger partial charge in [0.1, 0.15) is 6.10 Å². The lowest BCUT2D eigenvalue weighted by molar-refractivity contribution is 0.0761. The normalized spacial score (nSPS) is 16.2. The van der Waals surface area contributed by atoms with Gasteiger partial charge in [-0.2, -0.15) is 4.98 Å². The zero-order valence-electron chi connectivity index (χ0n) is 15.8. The van der Waals surface area contributed by atoms with Crippen LogP contribution in [0.25, 0.3) is 11.3 Å². The Morgan fingerprint density at radius 2 is 2.07 bits per heavy atom. The molecule has 0 N–H and O–H groups in total. The molecule has 8 nitrogen and oxygen atoms in total. The molecule has 144 valence electrons. The fraction of sp³-hybridized carbons (Fsp3) is 0.300. The molecule has 3 heterocycles. The highest BCUT2D eigenvalue weighted by Crippen LogP contribution is 2.23. The van der Waals surface area contributed by atoms with Gasteiger partial charge in [-0.3, -0.25) is 9.78 Å². The van der Waals surface area contributed by atoms with Gasteiger partial charge < -0.3 is 19.1 Å². The first kappa shape index (κ1) is 18.0. The lowest BCUT2D eigenvalue weighted by atomic mass is 10.1. The van der Waals surface area contributed by atoms with Crippen LogP contribution in [0.2, 0.25) is 0 Å². The Hall–Kier alpha value is -3.42. The molecule has 1 amide bonds. The maximum absolute atomic E-state index is 12.7. The lowest BCUT2D eigenvalue weighted by Crippen LogP contribution is -2.31. The maximum atomic E-state index is 12.7. The van der Waals surface area contributed by atoms with Crippen LogP contribution < -0.4 is 9.64 Å². The molecule has 8 heteroatoms. The van der Waals surface area contributed by atoms with Crippen LogP contribution in [0.15, 0.2) is 53.3 Å². The van der Waals surface area contributed by atoms with E-state index in [1.54, 1.807) is 23.4 Å². The fourth-order valence-corrected chi connectivity index (χ4v) is 3.07. The van der Waals surface area contributed by atoms with Gasteiger partial charge in [0.25, 0.3) is 5.91 Å². The van der Waals surface area contributed by atoms with Crippen molar-refractivity contribution < 1.29 is 14.1 Å². The molecule has 2 aromatic heterocycles. The molecule has 3 aromatic rings. The summed E-state index contributed by atoms with van der Waals surface area (Å²) in [6.07, 6.45) is 3.85. The summed E-state index contributed by atoms with van der Waals surface area (Å²) in [6, 6.07) is 11.3. The van der Waals surface area contributed by atoms with Gasteiger partial charge in [-0.05, 0) is 0 Å². The van der Waals surface area contributed by atoms with Crippen LogP contribution in [0.5, 0.6) is 5.88 Å². The Morgan fingerprint density at radius 1 is 1.25 bits per heavy atom. The average Bonchev–Trinajstić information content (AvgIpc) is 3.38. The number of nitrogens with zero attached hydrogens (tertiary/aromatic N) is 5. The van der Waals surface area contributed by atoms with Gasteiger partial charge in [0.05, 0.1) is 18.9 Å². The van der Waals surface area contributed by atoms with Crippen molar-refractivity contribution in [2.75, 3.05) is 32.1 Å². The molecule has 1 aliphatic rings. The van der Waals surface area contributed by atoms with Crippen molar-refractivity contribution in [2.45, 2.75) is 12.5 Å². The standard InChI is InChI=1S/C20H21N5O3/c1-24(2)18-11-21-12-19(22-18)27-15-8-9-25(13-15)20(26)16-10-17(28-23-16)14-6-4-3-5-7-14/h3-7,10-12,15H,8-9,13H2,1-2H3. The molecule has 1 aromatic carbocycles. The highest BCUT2D eigenvalue weighted by atomic mass is 16.5. The Bertz CT molecular complexity index is 957. The molecule has 1 saturated heterocycles. The third-order valence-electron chi connectivity index (χ3n) is 4.57. The molecule has 1 fully saturated rings. The summed E-state index contributed by atoms with van der Waals surface area (Å²) in [5, 5.41) is 3.94. The molecular weight excluding hydrogens is 358 g/mol. The molecule has 0 radical (unpaired) electrons. The number of anilines is 1. The number of ether oxygens (including phenoxy) is 1. The number of carbonyl (C=O) groups is 1. The van der Waals surface area contributed by atoms with Crippen molar-refractivity contribution in [3.63, 3.8) is 0 Å². The van der Waals surface area contributed by atoms with Crippen LogP contribution in [0.4, 0.5) is 5.82 Å². The van der Waals surface area contributed by atoms with Gasteiger partial charge in [-0.15, -0.1) is 0 Å². The summed E-state index contributed by atoms with van der Waals surface area (Å²) in [6.45, 7) is 1.07. The third-order valence-corrected chi connectivity index (χ3v) is 4.57. The summed E-state index contributed by atoms with van der Waals surface area (Å²) in [5.74, 6) is 1.59. The zero-order valence-corrected chi connectivity index (χ0v) is 15.8. The van der Waals surface area contributed by atoms with Crippen LogP contribution in [0.1, 0.15) is 16.9 Å². The Balaban J connectivity index is 1.40. The topological polar surface area (TPSA) is 84.6 Å². The van der Waals surface area contributed by atoms with E-state index in [9.17, 15) is 4.79 Å². The number of benzene rings is 1. The Kier molecular flexibility index (Phi) is 4.92. The predicted molar refractivity (Wildman–Crippen MR) is 103 cm³/mol. The first-order valence-corrected chi connectivity index (χ1v) is 9.07. The van der Waals surface area contributed by atoms with E-state index in [-0.39, 0.29) is 12.0 Å². The minimum Gasteiger partial charge on any atom is -0.471 e. The summed E-state index contributed by atoms with van der Waals surface area (Å²) >= 11 is 0. The second-order valence-corrected chi connectivity index (χ2v) is 6.83. The second-order valence-electron chi connectivity index (χ2n) is 6.83. The smallest absolute Gasteiger partial charge is 0.276 e. The van der Waals surface area contributed by atoms with E-state index < -0.39 is 0 Å². The van der Waals surface area contributed by atoms with Crippen LogP contribution >= 0.6 is 0 Å². The highest BCUT2D eigenvalue weighted by molar-refractivity contribution is 5.93. The van der Waals surface area contributed by atoms with Gasteiger partial charge in [0.2, 0.25) is 5.88 Å². The Morgan fingerprint density at radius 3 is 2.86 bits per heavy atom. The summed E-state index contributed by atoms with van der Waals surface area (Å²) in [5.41, 5.74) is 1.19. The van der Waals surface area contributed by atoms with Gasteiger partial charge in [-0.1, -0.05) is 35.5 Å². The van der Waals surface area contributed by atoms with Crippen molar-refractivity contribution in [3.05, 3.63) is 54.5 Å². The average molecular weight is 379 g/mol. The van der Waals surface area contributed by atoms with E-state index in [1.807, 2.05) is 49.3 Å². The molecule has 1 aliphatic heterocycles. The number of aromatic nitrogens is 3. The quantitative estimate of drug-likeness (QED) is 0.673. The molecule has 1 unspecified atom stereocenters. The number of rotatable bonds is 5. The number of hydrogen-bond acceptors (Lipinski definition) is 7. The van der Waals surface area contributed by atoms with E-state index in [2.05, 4.69) is 15.1 Å². The SMILES string of the molecule is CN(C)c1cncc(OC2CCN(C(=O)c3cc(-c4ccccc4)on3)C2)n1. The Labute approximate surface area is 162 Å². The van der Waals surface area contributed by atoms with Gasteiger partial charge in [0.15, 0.2) is 17.3 Å². The van der Waals surface area contributed by atoms with Gasteiger partial charge >= 0.3 is 0 Å². The summed E-state index contributed by atoms with van der Waals surface area (Å²) in [4.78, 5) is 24.9. The van der Waals surface area contributed by atoms with E-state index in [4.69, 9.17) is 9.26 Å². The third kappa shape index (κ3) is 3.80. The fourth-order valence-electron chi connectivity index (χ4n) is 3.07. The van der Waals surface area contributed by atoms with Crippen LogP contribution in [0, 0.1) is 0 Å². The minimum absolute atomic E-state index is 0.129. The molecular formula is C20H21N5O3. The molecule has 0 aliphatic carbocycles. The summed E-state index contributed by atoms with van der Waals surface area (Å²) in [7, 11) is 3.79. The van der Waals surface area contributed by atoms with Crippen molar-refractivity contribution >= 4 is 11.7 Å². The molecule has 0 spiro atoms. The number of amides is 1. The maximum Gasteiger partial charge on any atom is 0.276 e. The van der Waals surface area contributed by atoms with E-state index in [0.29, 0.717) is 30.4 Å². The van der Waals surface area contributed by atoms with E-state index >= 15 is 0 Å². The number of carbonyl (C=O) groups excluding carboxylic acids is 1. The zero-order chi connectivity index (χ0) is 19.5. The highest BCUT2D eigenvalue weighted by Gasteiger charge is 2.30. The van der Waals surface area contributed by atoms with Crippen molar-refractivity contribution in [1.29, 1.82) is 0 Å². The number of likely N-dealkylation sites (tertiary alicyclic amines) is 1. The first-order chi connectivity index (χ1) is 13.6. The second kappa shape index (κ2) is 7.67. The van der Waals surface area contributed by atoms with Crippen LogP contribution in [0.3, 0.4) is 0 Å². The molecule has 0 saturated carbocycles. The molecule has 1 atom stereocenters. The first-order valence-electron chi connectivity index (χ1n) is 9.07. The molecule has 0 bridgehead atoms. The van der Waals surface area contributed by atoms with Gasteiger partial charge in [0, 0.05) is 38.7 Å². The van der Waals surface area contributed by atoms with Crippen LogP contribution in [-0.2, 0) is 0 Å². The number of hydrogen-bond donors (Lipinski definition) is 0. The summed E-state index contributed by atoms with van der Waals surface area (Å²) < 4.78 is 11.3. The van der Waals surface area contributed by atoms with Crippen LogP contribution in [-0.4, -0.2) is 59.2 Å². The minimum atomic E-state index is -0.162. The van der Waals surface area contributed by atoms with Gasteiger partial charge in [-0.25, -0.2) is 0 Å². The van der Waals surface area contributed by atoms with E-state index in [0.717, 1.165) is 17.8 Å². The predicted octanol–water partition coefficient (Wildman–Crippen LogP) is 2.49. The lowest BCUT2D eigenvalue weighted by Gasteiger charge is -2.16. The van der Waals surface area contributed by atoms with Crippen molar-refractivity contribution in [1.82, 2.24) is 20.0 Å². The van der Waals surface area contributed by atoms with E-state index in [1.165, 1.54) is 0 Å².